The summed E-state index contributed by atoms with van der Waals surface area (Å²) in [6.45, 7) is 2.70. The van der Waals surface area contributed by atoms with Crippen LogP contribution in [0.3, 0.4) is 0 Å². The smallest absolute Gasteiger partial charge is 0.274 e. The Kier molecular flexibility index (Phi) is 4.66. The first kappa shape index (κ1) is 16.6. The normalized spacial score (nSPS) is 19.5. The summed E-state index contributed by atoms with van der Waals surface area (Å²) in [5, 5.41) is 5.68. The van der Waals surface area contributed by atoms with Crippen LogP contribution in [0.1, 0.15) is 31.9 Å². The first-order valence-electron chi connectivity index (χ1n) is 8.49. The number of aromatic nitrogens is 2. The van der Waals surface area contributed by atoms with Gasteiger partial charge >= 0.3 is 0 Å². The summed E-state index contributed by atoms with van der Waals surface area (Å²) in [6, 6.07) is 7.36. The fourth-order valence-electron chi connectivity index (χ4n) is 3.56. The number of carbonyl (C=O) groups is 1. The number of hydrogen-bond acceptors (Lipinski definition) is 4. The predicted molar refractivity (Wildman–Crippen MR) is 93.7 cm³/mol. The number of piperidine rings is 1. The second-order valence-corrected chi connectivity index (χ2v) is 6.61. The fraction of sp³-hybridized carbons (Fsp3) is 0.500. The van der Waals surface area contributed by atoms with Crippen molar-refractivity contribution in [2.45, 2.75) is 44.7 Å². The van der Waals surface area contributed by atoms with Crippen molar-refractivity contribution in [3.05, 3.63) is 40.3 Å². The fourth-order valence-corrected chi connectivity index (χ4v) is 3.56. The van der Waals surface area contributed by atoms with E-state index in [-0.39, 0.29) is 30.0 Å². The maximum atomic E-state index is 12.9. The van der Waals surface area contributed by atoms with E-state index in [2.05, 4.69) is 5.10 Å². The maximum absolute atomic E-state index is 12.9. The zero-order valence-corrected chi connectivity index (χ0v) is 14.2. The van der Waals surface area contributed by atoms with E-state index < -0.39 is 0 Å². The molecule has 128 valence electrons. The van der Waals surface area contributed by atoms with Crippen LogP contribution in [0.4, 0.5) is 0 Å². The lowest BCUT2D eigenvalue weighted by molar-refractivity contribution is -0.134. The van der Waals surface area contributed by atoms with Crippen LogP contribution in [0.15, 0.2) is 29.1 Å². The lowest BCUT2D eigenvalue weighted by atomic mass is 9.96. The van der Waals surface area contributed by atoms with Crippen LogP contribution in [-0.4, -0.2) is 39.2 Å². The molecule has 1 aliphatic rings. The van der Waals surface area contributed by atoms with Crippen molar-refractivity contribution in [1.29, 1.82) is 0 Å². The molecule has 1 aromatic carbocycles. The summed E-state index contributed by atoms with van der Waals surface area (Å²) in [4.78, 5) is 27.0. The van der Waals surface area contributed by atoms with Gasteiger partial charge in [-0.3, -0.25) is 9.59 Å². The molecule has 2 unspecified atom stereocenters. The van der Waals surface area contributed by atoms with Crippen molar-refractivity contribution in [2.24, 2.45) is 12.8 Å². The highest BCUT2D eigenvalue weighted by Crippen LogP contribution is 2.21. The molecule has 0 spiro atoms. The molecule has 2 atom stereocenters. The lowest BCUT2D eigenvalue weighted by Gasteiger charge is -2.38. The third-order valence-corrected chi connectivity index (χ3v) is 4.83. The van der Waals surface area contributed by atoms with Crippen LogP contribution in [0, 0.1) is 0 Å². The number of nitrogens with two attached hydrogens (primary N) is 1. The van der Waals surface area contributed by atoms with Gasteiger partial charge in [0.15, 0.2) is 0 Å². The highest BCUT2D eigenvalue weighted by molar-refractivity contribution is 5.88. The molecule has 2 heterocycles. The van der Waals surface area contributed by atoms with E-state index in [1.807, 2.05) is 30.0 Å². The van der Waals surface area contributed by atoms with Gasteiger partial charge < -0.3 is 10.6 Å². The number of rotatable bonds is 3. The molecule has 1 aliphatic heterocycles. The Morgan fingerprint density at radius 2 is 2.04 bits per heavy atom. The molecule has 1 aromatic heterocycles. The zero-order chi connectivity index (χ0) is 17.3. The Balaban J connectivity index is 1.93. The van der Waals surface area contributed by atoms with Crippen LogP contribution < -0.4 is 11.3 Å². The Bertz CT molecular complexity index is 812. The highest BCUT2D eigenvalue weighted by Gasteiger charge is 2.29. The molecule has 24 heavy (non-hydrogen) atoms. The van der Waals surface area contributed by atoms with Crippen LogP contribution in [0.2, 0.25) is 0 Å². The summed E-state index contributed by atoms with van der Waals surface area (Å²) >= 11 is 0. The Labute approximate surface area is 141 Å². The maximum Gasteiger partial charge on any atom is 0.274 e. The molecule has 1 fully saturated rings. The molecule has 0 aliphatic carbocycles. The summed E-state index contributed by atoms with van der Waals surface area (Å²) in [5.41, 5.74) is 6.57. The number of fused-ring (bicyclic) bond motifs is 1. The summed E-state index contributed by atoms with van der Waals surface area (Å²) < 4.78 is 1.31. The van der Waals surface area contributed by atoms with Gasteiger partial charge in [0.2, 0.25) is 5.91 Å². The van der Waals surface area contributed by atoms with Gasteiger partial charge in [-0.25, -0.2) is 4.68 Å². The lowest BCUT2D eigenvalue weighted by Crippen LogP contribution is -2.52. The van der Waals surface area contributed by atoms with E-state index in [9.17, 15) is 9.59 Å². The molecular weight excluding hydrogens is 304 g/mol. The van der Waals surface area contributed by atoms with Gasteiger partial charge in [0.1, 0.15) is 0 Å². The van der Waals surface area contributed by atoms with Crippen molar-refractivity contribution in [2.75, 3.05) is 6.54 Å². The second kappa shape index (κ2) is 6.73. The van der Waals surface area contributed by atoms with Gasteiger partial charge in [-0.15, -0.1) is 0 Å². The van der Waals surface area contributed by atoms with Gasteiger partial charge in [0.05, 0.1) is 17.5 Å². The molecule has 2 aromatic rings. The second-order valence-electron chi connectivity index (χ2n) is 6.61. The van der Waals surface area contributed by atoms with Gasteiger partial charge in [-0.2, -0.15) is 5.10 Å². The molecule has 2 N–H and O–H groups in total. The average Bonchev–Trinajstić information content (AvgIpc) is 2.59. The number of benzene rings is 1. The number of nitrogens with zero attached hydrogens (tertiary/aromatic N) is 3. The first-order valence-corrected chi connectivity index (χ1v) is 8.49. The molecule has 0 saturated carbocycles. The third-order valence-electron chi connectivity index (χ3n) is 4.83. The Morgan fingerprint density at radius 3 is 2.75 bits per heavy atom. The Morgan fingerprint density at radius 1 is 1.33 bits per heavy atom. The molecule has 6 heteroatoms. The van der Waals surface area contributed by atoms with E-state index in [0.29, 0.717) is 11.1 Å². The van der Waals surface area contributed by atoms with Crippen LogP contribution in [0.5, 0.6) is 0 Å². The van der Waals surface area contributed by atoms with Crippen LogP contribution in [0.25, 0.3) is 10.8 Å². The number of hydrogen-bond donors (Lipinski definition) is 1. The zero-order valence-electron chi connectivity index (χ0n) is 14.2. The molecule has 6 nitrogen and oxygen atoms in total. The van der Waals surface area contributed by atoms with E-state index >= 15 is 0 Å². The minimum absolute atomic E-state index is 0.0355. The van der Waals surface area contributed by atoms with Crippen LogP contribution in [-0.2, 0) is 18.3 Å². The molecule has 1 saturated heterocycles. The van der Waals surface area contributed by atoms with E-state index in [1.165, 1.54) is 4.68 Å². The molecule has 1 amide bonds. The van der Waals surface area contributed by atoms with Crippen LogP contribution >= 0.6 is 0 Å². The first-order chi connectivity index (χ1) is 11.5. The number of aryl methyl sites for hydroxylation is 1. The van der Waals surface area contributed by atoms with Gasteiger partial charge in [-0.05, 0) is 32.3 Å². The number of carbonyl (C=O) groups excluding carboxylic acids is 1. The highest BCUT2D eigenvalue weighted by atomic mass is 16.2. The van der Waals surface area contributed by atoms with E-state index in [4.69, 9.17) is 5.73 Å². The van der Waals surface area contributed by atoms with E-state index in [1.54, 1.807) is 13.1 Å². The van der Waals surface area contributed by atoms with Gasteiger partial charge in [0, 0.05) is 31.1 Å². The molecular formula is C18H24N4O2. The van der Waals surface area contributed by atoms with Crippen molar-refractivity contribution < 1.29 is 4.79 Å². The van der Waals surface area contributed by atoms with Gasteiger partial charge in [0.25, 0.3) is 5.56 Å². The monoisotopic (exact) mass is 328 g/mol. The minimum Gasteiger partial charge on any atom is -0.338 e. The number of likely N-dealkylation sites (tertiary alicyclic amines) is 1. The van der Waals surface area contributed by atoms with Crippen molar-refractivity contribution >= 4 is 16.7 Å². The predicted octanol–water partition coefficient (Wildman–Crippen LogP) is 1.20. The molecule has 0 bridgehead atoms. The van der Waals surface area contributed by atoms with E-state index in [0.717, 1.165) is 31.2 Å². The topological polar surface area (TPSA) is 81.2 Å². The Hall–Kier alpha value is -2.21. The summed E-state index contributed by atoms with van der Waals surface area (Å²) in [6.07, 6.45) is 3.26. The molecule has 0 radical (unpaired) electrons. The number of amides is 1. The standard InChI is InChI=1S/C18H24N4O2/c1-12(19)16-9-5-6-10-22(16)17(23)11-15-13-7-3-4-8-14(13)18(24)21(2)20-15/h3-4,7-8,12,16H,5-6,9-11,19H2,1-2H3. The van der Waals surface area contributed by atoms with Crippen molar-refractivity contribution in [1.82, 2.24) is 14.7 Å². The largest absolute Gasteiger partial charge is 0.338 e. The quantitative estimate of drug-likeness (QED) is 0.918. The SMILES string of the molecule is CC(N)C1CCCCN1C(=O)Cc1nn(C)c(=O)c2ccccc12. The third kappa shape index (κ3) is 3.06. The van der Waals surface area contributed by atoms with Gasteiger partial charge in [-0.1, -0.05) is 18.2 Å². The minimum atomic E-state index is -0.145. The average molecular weight is 328 g/mol. The summed E-state index contributed by atoms with van der Waals surface area (Å²) in [7, 11) is 1.62. The molecule has 3 rings (SSSR count). The van der Waals surface area contributed by atoms with Crippen molar-refractivity contribution in [3.8, 4) is 0 Å². The van der Waals surface area contributed by atoms with Crippen molar-refractivity contribution in [3.63, 3.8) is 0 Å². The summed E-state index contributed by atoms with van der Waals surface area (Å²) in [5.74, 6) is 0.0355.